The van der Waals surface area contributed by atoms with E-state index in [1.807, 2.05) is 19.9 Å². The second kappa shape index (κ2) is 9.93. The van der Waals surface area contributed by atoms with Crippen molar-refractivity contribution in [3.8, 4) is 34.3 Å². The van der Waals surface area contributed by atoms with E-state index in [-0.39, 0.29) is 29.3 Å². The first-order valence-corrected chi connectivity index (χ1v) is 11.0. The minimum absolute atomic E-state index is 0.0264. The predicted molar refractivity (Wildman–Crippen MR) is 133 cm³/mol. The minimum atomic E-state index is -0.361. The Hall–Kier alpha value is -4.26. The molecular weight excluding hydrogens is 448 g/mol. The molecular formula is C28H26O7. The Morgan fingerprint density at radius 3 is 2.23 bits per heavy atom. The highest BCUT2D eigenvalue weighted by Gasteiger charge is 2.21. The summed E-state index contributed by atoms with van der Waals surface area (Å²) < 4.78 is 27.8. The molecule has 0 aliphatic rings. The van der Waals surface area contributed by atoms with Crippen LogP contribution in [0.5, 0.6) is 23.0 Å². The van der Waals surface area contributed by atoms with Gasteiger partial charge in [0.1, 0.15) is 11.3 Å². The van der Waals surface area contributed by atoms with Crippen molar-refractivity contribution in [3.63, 3.8) is 0 Å². The summed E-state index contributed by atoms with van der Waals surface area (Å²) in [5.74, 6) is 1.49. The molecule has 0 bridgehead atoms. The van der Waals surface area contributed by atoms with Crippen LogP contribution >= 0.6 is 0 Å². The summed E-state index contributed by atoms with van der Waals surface area (Å²) in [5.41, 5.74) is 2.88. The molecule has 0 N–H and O–H groups in total. The fourth-order valence-electron chi connectivity index (χ4n) is 3.93. The Morgan fingerprint density at radius 2 is 1.57 bits per heavy atom. The minimum Gasteiger partial charge on any atom is -0.497 e. The SMILES string of the molecule is COc1ccc(-c2oc3c(C)cc(C)cc3c(=O)c2OCC(=O)c2ccc(OC)c(OC)c2)cc1. The van der Waals surface area contributed by atoms with Gasteiger partial charge >= 0.3 is 0 Å². The topological polar surface area (TPSA) is 84.2 Å². The quantitative estimate of drug-likeness (QED) is 0.318. The number of rotatable bonds is 8. The fourth-order valence-corrected chi connectivity index (χ4v) is 3.93. The molecule has 4 rings (SSSR count). The maximum Gasteiger partial charge on any atom is 0.235 e. The summed E-state index contributed by atoms with van der Waals surface area (Å²) in [6, 6.07) is 15.6. The third-order valence-corrected chi connectivity index (χ3v) is 5.69. The molecule has 0 radical (unpaired) electrons. The zero-order chi connectivity index (χ0) is 25.1. The molecule has 0 spiro atoms. The molecule has 7 heteroatoms. The van der Waals surface area contributed by atoms with E-state index in [4.69, 9.17) is 23.4 Å². The van der Waals surface area contributed by atoms with Gasteiger partial charge in [-0.2, -0.15) is 0 Å². The van der Waals surface area contributed by atoms with Crippen molar-refractivity contribution in [2.45, 2.75) is 13.8 Å². The highest BCUT2D eigenvalue weighted by Crippen LogP contribution is 2.34. The number of hydrogen-bond acceptors (Lipinski definition) is 7. The lowest BCUT2D eigenvalue weighted by Crippen LogP contribution is -2.17. The number of hydrogen-bond donors (Lipinski definition) is 0. The number of ether oxygens (including phenoxy) is 4. The smallest absolute Gasteiger partial charge is 0.235 e. The Labute approximate surface area is 202 Å². The molecule has 1 aromatic heterocycles. The molecule has 0 saturated carbocycles. The number of aryl methyl sites for hydroxylation is 2. The van der Waals surface area contributed by atoms with Crippen molar-refractivity contribution in [2.75, 3.05) is 27.9 Å². The average Bonchev–Trinajstić information content (AvgIpc) is 2.87. The highest BCUT2D eigenvalue weighted by atomic mass is 16.5. The van der Waals surface area contributed by atoms with Gasteiger partial charge in [0.25, 0.3) is 0 Å². The fraction of sp³-hybridized carbons (Fsp3) is 0.214. The van der Waals surface area contributed by atoms with E-state index in [0.717, 1.165) is 11.1 Å². The molecule has 1 heterocycles. The number of fused-ring (bicyclic) bond motifs is 1. The van der Waals surface area contributed by atoms with Gasteiger partial charge in [-0.05, 0) is 73.5 Å². The number of carbonyl (C=O) groups excluding carboxylic acids is 1. The van der Waals surface area contributed by atoms with E-state index in [2.05, 4.69) is 0 Å². The second-order valence-electron chi connectivity index (χ2n) is 8.06. The second-order valence-corrected chi connectivity index (χ2v) is 8.06. The van der Waals surface area contributed by atoms with Crippen LogP contribution in [0.3, 0.4) is 0 Å². The number of ketones is 1. The van der Waals surface area contributed by atoms with Gasteiger partial charge in [-0.3, -0.25) is 9.59 Å². The van der Waals surface area contributed by atoms with E-state index in [9.17, 15) is 9.59 Å². The zero-order valence-corrected chi connectivity index (χ0v) is 20.3. The lowest BCUT2D eigenvalue weighted by atomic mass is 10.1. The molecule has 3 aromatic carbocycles. The lowest BCUT2D eigenvalue weighted by Gasteiger charge is -2.14. The largest absolute Gasteiger partial charge is 0.497 e. The van der Waals surface area contributed by atoms with Gasteiger partial charge in [0.15, 0.2) is 29.6 Å². The first-order chi connectivity index (χ1) is 16.9. The molecule has 0 saturated heterocycles. The number of Topliss-reactive ketones (excluding diaryl/α,β-unsaturated/α-hetero) is 1. The van der Waals surface area contributed by atoms with Crippen LogP contribution in [0.2, 0.25) is 0 Å². The lowest BCUT2D eigenvalue weighted by molar-refractivity contribution is 0.0920. The maximum absolute atomic E-state index is 13.5. The van der Waals surface area contributed by atoms with Crippen LogP contribution in [-0.4, -0.2) is 33.7 Å². The molecule has 180 valence electrons. The first-order valence-electron chi connectivity index (χ1n) is 11.0. The standard InChI is InChI=1S/C28H26O7/c1-16-12-17(2)26-21(13-16)25(30)28(27(35-26)18-6-9-20(31-3)10-7-18)34-15-22(29)19-8-11-23(32-4)24(14-19)33-5/h6-14H,15H2,1-5H3. The van der Waals surface area contributed by atoms with Gasteiger partial charge in [0, 0.05) is 11.1 Å². The van der Waals surface area contributed by atoms with Crippen molar-refractivity contribution in [2.24, 2.45) is 0 Å². The molecule has 0 unspecified atom stereocenters. The maximum atomic E-state index is 13.5. The zero-order valence-electron chi connectivity index (χ0n) is 20.3. The highest BCUT2D eigenvalue weighted by molar-refractivity contribution is 5.98. The molecule has 7 nitrogen and oxygen atoms in total. The van der Waals surface area contributed by atoms with Gasteiger partial charge in [0.2, 0.25) is 11.2 Å². The molecule has 0 aliphatic heterocycles. The van der Waals surface area contributed by atoms with Crippen LogP contribution in [0.4, 0.5) is 0 Å². The molecule has 0 aliphatic carbocycles. The van der Waals surface area contributed by atoms with Crippen molar-refractivity contribution in [3.05, 3.63) is 81.5 Å². The van der Waals surface area contributed by atoms with Crippen LogP contribution in [0, 0.1) is 13.8 Å². The van der Waals surface area contributed by atoms with Gasteiger partial charge in [0.05, 0.1) is 26.7 Å². The van der Waals surface area contributed by atoms with Crippen LogP contribution in [0.15, 0.2) is 63.8 Å². The summed E-state index contributed by atoms with van der Waals surface area (Å²) in [6.45, 7) is 3.43. The van der Waals surface area contributed by atoms with Crippen molar-refractivity contribution in [1.82, 2.24) is 0 Å². The number of methoxy groups -OCH3 is 3. The Morgan fingerprint density at radius 1 is 0.857 bits per heavy atom. The third-order valence-electron chi connectivity index (χ3n) is 5.69. The summed E-state index contributed by atoms with van der Waals surface area (Å²) in [6.07, 6.45) is 0. The molecule has 0 fully saturated rings. The van der Waals surface area contributed by atoms with Crippen LogP contribution in [0.25, 0.3) is 22.3 Å². The molecule has 0 atom stereocenters. The van der Waals surface area contributed by atoms with E-state index in [0.29, 0.717) is 39.3 Å². The Kier molecular flexibility index (Phi) is 6.78. The Balaban J connectivity index is 1.77. The number of carbonyl (C=O) groups is 1. The van der Waals surface area contributed by atoms with Gasteiger partial charge in [-0.25, -0.2) is 0 Å². The summed E-state index contributed by atoms with van der Waals surface area (Å²) >= 11 is 0. The third kappa shape index (κ3) is 4.71. The average molecular weight is 475 g/mol. The monoisotopic (exact) mass is 474 g/mol. The van der Waals surface area contributed by atoms with Crippen LogP contribution in [0.1, 0.15) is 21.5 Å². The van der Waals surface area contributed by atoms with Crippen molar-refractivity contribution < 1.29 is 28.2 Å². The van der Waals surface area contributed by atoms with E-state index in [1.54, 1.807) is 55.6 Å². The van der Waals surface area contributed by atoms with E-state index >= 15 is 0 Å². The van der Waals surface area contributed by atoms with Gasteiger partial charge in [-0.1, -0.05) is 6.07 Å². The molecule has 0 amide bonds. The van der Waals surface area contributed by atoms with Crippen LogP contribution in [-0.2, 0) is 0 Å². The summed E-state index contributed by atoms with van der Waals surface area (Å²) in [7, 11) is 4.59. The van der Waals surface area contributed by atoms with E-state index < -0.39 is 0 Å². The predicted octanol–water partition coefficient (Wildman–Crippen LogP) is 5.36. The van der Waals surface area contributed by atoms with Crippen molar-refractivity contribution in [1.29, 1.82) is 0 Å². The summed E-state index contributed by atoms with van der Waals surface area (Å²) in [4.78, 5) is 26.5. The van der Waals surface area contributed by atoms with E-state index in [1.165, 1.54) is 14.2 Å². The summed E-state index contributed by atoms with van der Waals surface area (Å²) in [5, 5.41) is 0.397. The van der Waals surface area contributed by atoms with Gasteiger partial charge in [-0.15, -0.1) is 0 Å². The Bertz CT molecular complexity index is 1450. The molecule has 4 aromatic rings. The van der Waals surface area contributed by atoms with Gasteiger partial charge < -0.3 is 23.4 Å². The van der Waals surface area contributed by atoms with Crippen molar-refractivity contribution >= 4 is 16.8 Å². The van der Waals surface area contributed by atoms with Crippen LogP contribution < -0.4 is 24.4 Å². The normalized spacial score (nSPS) is 10.8. The molecule has 35 heavy (non-hydrogen) atoms. The first kappa shape index (κ1) is 23.9. The number of benzene rings is 3.